The smallest absolute Gasteiger partial charge is 0.416 e. The molecule has 8 aromatic rings. The van der Waals surface area contributed by atoms with Crippen molar-refractivity contribution in [1.29, 1.82) is 0 Å². The molecule has 286 valence electrons. The molecule has 0 aliphatic rings. The fraction of sp³-hybridized carbons (Fsp3) is 0.0732. The Hall–Kier alpha value is -7.23. The summed E-state index contributed by atoms with van der Waals surface area (Å²) in [5.74, 6) is -0.448. The monoisotopic (exact) mass is 780 g/mol. The Morgan fingerprint density at radius 1 is 0.561 bits per heavy atom. The minimum absolute atomic E-state index is 0.0666. The zero-order valence-electron chi connectivity index (χ0n) is 29.4. The van der Waals surface area contributed by atoms with Gasteiger partial charge in [-0.1, -0.05) is 36.4 Å². The number of aromatic nitrogens is 6. The summed E-state index contributed by atoms with van der Waals surface area (Å²) < 4.78 is 96.3. The van der Waals surface area contributed by atoms with Gasteiger partial charge in [0.1, 0.15) is 17.8 Å². The maximum absolute atomic E-state index is 14.9. The van der Waals surface area contributed by atoms with E-state index in [0.29, 0.717) is 28.3 Å². The molecule has 0 unspecified atom stereocenters. The first-order valence-electron chi connectivity index (χ1n) is 16.9. The third kappa shape index (κ3) is 9.02. The molecule has 0 saturated carbocycles. The molecule has 0 amide bonds. The van der Waals surface area contributed by atoms with Crippen molar-refractivity contribution in [3.8, 4) is 28.5 Å². The average Bonchev–Trinajstić information content (AvgIpc) is 3.21. The van der Waals surface area contributed by atoms with Crippen LogP contribution in [0.2, 0.25) is 0 Å². The number of rotatable bonds is 7. The molecule has 0 aliphatic carbocycles. The van der Waals surface area contributed by atoms with Crippen molar-refractivity contribution in [3.63, 3.8) is 0 Å². The van der Waals surface area contributed by atoms with E-state index in [2.05, 4.69) is 40.5 Å². The topological polar surface area (TPSA) is 111 Å². The van der Waals surface area contributed by atoms with Crippen LogP contribution in [-0.2, 0) is 12.4 Å². The number of hydrogen-bond acceptors (Lipinski definition) is 9. The third-order valence-corrected chi connectivity index (χ3v) is 8.42. The van der Waals surface area contributed by atoms with Crippen LogP contribution < -0.4 is 15.4 Å². The number of nitrogens with zero attached hydrogens (tertiary/aromatic N) is 6. The van der Waals surface area contributed by atoms with Crippen molar-refractivity contribution >= 4 is 44.8 Å². The number of pyridine rings is 2. The number of hydrogen-bond donors (Lipinski definition) is 2. The van der Waals surface area contributed by atoms with Gasteiger partial charge in [-0.2, -0.15) is 36.3 Å². The first kappa shape index (κ1) is 38.1. The van der Waals surface area contributed by atoms with E-state index in [9.17, 15) is 30.7 Å². The zero-order chi connectivity index (χ0) is 40.2. The number of fused-ring (bicyclic) bond motifs is 2. The van der Waals surface area contributed by atoms with Gasteiger partial charge in [-0.15, -0.1) is 0 Å². The Morgan fingerprint density at radius 2 is 1.11 bits per heavy atom. The van der Waals surface area contributed by atoms with Crippen molar-refractivity contribution < 1.29 is 35.5 Å². The Morgan fingerprint density at radius 3 is 1.67 bits per heavy atom. The highest BCUT2D eigenvalue weighted by Gasteiger charge is 2.31. The van der Waals surface area contributed by atoms with Crippen LogP contribution >= 0.6 is 0 Å². The number of methoxy groups -OCH3 is 1. The van der Waals surface area contributed by atoms with Gasteiger partial charge in [-0.3, -0.25) is 9.97 Å². The molecule has 57 heavy (non-hydrogen) atoms. The van der Waals surface area contributed by atoms with Crippen molar-refractivity contribution in [1.82, 2.24) is 29.9 Å². The molecule has 0 fully saturated rings. The summed E-state index contributed by atoms with van der Waals surface area (Å²) in [5.41, 5.74) is 2.74. The lowest BCUT2D eigenvalue weighted by Gasteiger charge is -2.11. The van der Waals surface area contributed by atoms with E-state index in [1.54, 1.807) is 36.7 Å². The fourth-order valence-electron chi connectivity index (χ4n) is 5.60. The first-order chi connectivity index (χ1) is 27.3. The Labute approximate surface area is 319 Å². The Kier molecular flexibility index (Phi) is 10.6. The lowest BCUT2D eigenvalue weighted by Crippen LogP contribution is -2.05. The first-order valence-corrected chi connectivity index (χ1v) is 16.9. The summed E-state index contributed by atoms with van der Waals surface area (Å²) in [6, 6.07) is 29.3. The van der Waals surface area contributed by atoms with Crippen LogP contribution in [-0.4, -0.2) is 37.0 Å². The molecule has 2 N–H and O–H groups in total. The number of ether oxygens (including phenoxy) is 1. The zero-order valence-corrected chi connectivity index (χ0v) is 29.4. The van der Waals surface area contributed by atoms with Crippen molar-refractivity contribution in [2.75, 3.05) is 17.7 Å². The average molecular weight is 781 g/mol. The minimum atomic E-state index is -4.43. The maximum atomic E-state index is 14.9. The highest BCUT2D eigenvalue weighted by Crippen LogP contribution is 2.33. The summed E-state index contributed by atoms with van der Waals surface area (Å²) >= 11 is 0. The number of alkyl halides is 6. The van der Waals surface area contributed by atoms with Crippen LogP contribution in [0, 0.1) is 5.82 Å². The summed E-state index contributed by atoms with van der Waals surface area (Å²) in [5, 5.41) is 7.59. The van der Waals surface area contributed by atoms with Gasteiger partial charge in [0, 0.05) is 51.7 Å². The standard InChI is InChI=1S/C21H15F3N4O.C20H12F4N4/c1-29-20-27-18(14-5-4-13-3-2-10-25-17(13)11-14)12-19(28-20)26-16-8-6-15(7-9-16)21(22,23)24;21-17-18(13-4-3-12-2-1-9-25-16(12)10-13)26-11-27-19(17)28-15-7-5-14(6-8-15)20(22,23)24/h2-12H,1H3,(H,26,27,28);1-11H,(H,26,27,28). The molecule has 0 atom stereocenters. The molecule has 0 bridgehead atoms. The Bertz CT molecular complexity index is 2670. The maximum Gasteiger partial charge on any atom is 0.416 e. The van der Waals surface area contributed by atoms with E-state index in [0.717, 1.165) is 46.1 Å². The molecular formula is C41H27F7N8O. The van der Waals surface area contributed by atoms with Gasteiger partial charge < -0.3 is 15.4 Å². The molecule has 4 heterocycles. The highest BCUT2D eigenvalue weighted by molar-refractivity contribution is 5.85. The highest BCUT2D eigenvalue weighted by atomic mass is 19.4. The molecule has 8 rings (SSSR count). The van der Waals surface area contributed by atoms with Gasteiger partial charge in [0.05, 0.1) is 35.0 Å². The lowest BCUT2D eigenvalue weighted by molar-refractivity contribution is -0.138. The number of benzene rings is 4. The fourth-order valence-corrected chi connectivity index (χ4v) is 5.60. The van der Waals surface area contributed by atoms with E-state index in [1.165, 1.54) is 37.7 Å². The van der Waals surface area contributed by atoms with Crippen LogP contribution in [0.5, 0.6) is 6.01 Å². The normalized spacial score (nSPS) is 11.5. The van der Waals surface area contributed by atoms with E-state index in [4.69, 9.17) is 4.74 Å². The van der Waals surface area contributed by atoms with Gasteiger partial charge in [0.15, 0.2) is 11.6 Å². The third-order valence-electron chi connectivity index (χ3n) is 8.42. The van der Waals surface area contributed by atoms with Crippen molar-refractivity contribution in [3.05, 3.63) is 151 Å². The second-order valence-corrected chi connectivity index (χ2v) is 12.2. The van der Waals surface area contributed by atoms with Crippen LogP contribution in [0.15, 0.2) is 134 Å². The number of halogens is 7. The molecule has 0 radical (unpaired) electrons. The van der Waals surface area contributed by atoms with E-state index in [1.807, 2.05) is 42.5 Å². The summed E-state index contributed by atoms with van der Waals surface area (Å²) in [7, 11) is 1.45. The number of anilines is 4. The summed E-state index contributed by atoms with van der Waals surface area (Å²) in [6.07, 6.45) is -4.28. The molecule has 16 heteroatoms. The second kappa shape index (κ2) is 15.9. The molecule has 9 nitrogen and oxygen atoms in total. The van der Waals surface area contributed by atoms with Crippen LogP contribution in [0.25, 0.3) is 44.3 Å². The van der Waals surface area contributed by atoms with E-state index < -0.39 is 29.3 Å². The Balaban J connectivity index is 0.000000174. The molecule has 0 spiro atoms. The van der Waals surface area contributed by atoms with Crippen molar-refractivity contribution in [2.45, 2.75) is 12.4 Å². The molecular weight excluding hydrogens is 753 g/mol. The predicted octanol–water partition coefficient (Wildman–Crippen LogP) is 11.1. The van der Waals surface area contributed by atoms with Crippen molar-refractivity contribution in [2.24, 2.45) is 0 Å². The minimum Gasteiger partial charge on any atom is -0.467 e. The largest absolute Gasteiger partial charge is 0.467 e. The number of nitrogens with one attached hydrogen (secondary N) is 2. The predicted molar refractivity (Wildman–Crippen MR) is 202 cm³/mol. The molecule has 4 aromatic heterocycles. The van der Waals surface area contributed by atoms with Gasteiger partial charge in [-0.05, 0) is 72.8 Å². The van der Waals surface area contributed by atoms with Gasteiger partial charge in [0.2, 0.25) is 0 Å². The SMILES string of the molecule is COc1nc(Nc2ccc(C(F)(F)F)cc2)cc(-c2ccc3cccnc3c2)n1.Fc1c(Nc2ccc(C(F)(F)F)cc2)ncnc1-c1ccc2cccnc2c1. The van der Waals surface area contributed by atoms with Gasteiger partial charge in [0.25, 0.3) is 0 Å². The second-order valence-electron chi connectivity index (χ2n) is 12.2. The molecule has 0 aliphatic heterocycles. The lowest BCUT2D eigenvalue weighted by atomic mass is 10.1. The van der Waals surface area contributed by atoms with E-state index >= 15 is 0 Å². The summed E-state index contributed by atoms with van der Waals surface area (Å²) in [6.45, 7) is 0. The summed E-state index contributed by atoms with van der Waals surface area (Å²) in [4.78, 5) is 25.0. The molecule has 0 saturated heterocycles. The van der Waals surface area contributed by atoms with Crippen LogP contribution in [0.3, 0.4) is 0 Å². The van der Waals surface area contributed by atoms with Gasteiger partial charge in [-0.25, -0.2) is 14.4 Å². The van der Waals surface area contributed by atoms with Crippen LogP contribution in [0.1, 0.15) is 11.1 Å². The van der Waals surface area contributed by atoms with Crippen LogP contribution in [0.4, 0.5) is 53.7 Å². The quantitative estimate of drug-likeness (QED) is 0.153. The van der Waals surface area contributed by atoms with E-state index in [-0.39, 0.29) is 23.2 Å². The van der Waals surface area contributed by atoms with Gasteiger partial charge >= 0.3 is 18.4 Å². The molecule has 4 aromatic carbocycles.